The molecule has 0 saturated carbocycles. The van der Waals surface area contributed by atoms with E-state index < -0.39 is 0 Å². The highest BCUT2D eigenvalue weighted by Crippen LogP contribution is 2.22. The fraction of sp³-hybridized carbons (Fsp3) is 0.615. The number of carbonyl (C=O) groups is 1. The van der Waals surface area contributed by atoms with Gasteiger partial charge in [0, 0.05) is 24.9 Å². The first-order chi connectivity index (χ1) is 8.54. The lowest BCUT2D eigenvalue weighted by atomic mass is 10.0. The molecule has 2 heterocycles. The van der Waals surface area contributed by atoms with E-state index in [0.29, 0.717) is 11.1 Å². The molecule has 18 heavy (non-hydrogen) atoms. The predicted octanol–water partition coefficient (Wildman–Crippen LogP) is 1.50. The summed E-state index contributed by atoms with van der Waals surface area (Å²) in [6.45, 7) is 4.49. The molecule has 1 N–H and O–H groups in total. The standard InChI is InChI=1S/C13H20ClN3O/c1-10(18)15-12-7-11(14)8-17(9-12)13-3-5-16(2)6-4-13/h7-8,13H,3-6,9H2,1-2H3,(H,15,18). The summed E-state index contributed by atoms with van der Waals surface area (Å²) >= 11 is 6.12. The van der Waals surface area contributed by atoms with E-state index in [2.05, 4.69) is 22.2 Å². The highest BCUT2D eigenvalue weighted by atomic mass is 35.5. The summed E-state index contributed by atoms with van der Waals surface area (Å²) in [5.74, 6) is -0.0454. The smallest absolute Gasteiger partial charge is 0.221 e. The van der Waals surface area contributed by atoms with Crippen molar-refractivity contribution in [3.8, 4) is 0 Å². The summed E-state index contributed by atoms with van der Waals surface area (Å²) in [7, 11) is 2.15. The van der Waals surface area contributed by atoms with Gasteiger partial charge >= 0.3 is 0 Å². The lowest BCUT2D eigenvalue weighted by Crippen LogP contribution is -2.44. The number of piperidine rings is 1. The number of nitrogens with zero attached hydrogens (tertiary/aromatic N) is 2. The van der Waals surface area contributed by atoms with Crippen molar-refractivity contribution >= 4 is 17.5 Å². The molecule has 1 fully saturated rings. The number of hydrogen-bond acceptors (Lipinski definition) is 3. The quantitative estimate of drug-likeness (QED) is 0.825. The van der Waals surface area contributed by atoms with Crippen molar-refractivity contribution in [1.29, 1.82) is 0 Å². The molecule has 2 rings (SSSR count). The van der Waals surface area contributed by atoms with Gasteiger partial charge in [0.25, 0.3) is 0 Å². The van der Waals surface area contributed by atoms with E-state index in [-0.39, 0.29) is 5.91 Å². The Bertz CT molecular complexity index is 384. The molecule has 0 aliphatic carbocycles. The van der Waals surface area contributed by atoms with Crippen LogP contribution in [0.15, 0.2) is 23.0 Å². The Morgan fingerprint density at radius 2 is 2.11 bits per heavy atom. The number of carbonyl (C=O) groups excluding carboxylic acids is 1. The van der Waals surface area contributed by atoms with Crippen LogP contribution in [0.25, 0.3) is 0 Å². The summed E-state index contributed by atoms with van der Waals surface area (Å²) in [4.78, 5) is 15.7. The summed E-state index contributed by atoms with van der Waals surface area (Å²) in [6, 6.07) is 0.521. The second-order valence-corrected chi connectivity index (χ2v) is 5.51. The van der Waals surface area contributed by atoms with E-state index in [1.165, 1.54) is 6.92 Å². The Morgan fingerprint density at radius 3 is 2.72 bits per heavy atom. The van der Waals surface area contributed by atoms with Crippen molar-refractivity contribution in [2.45, 2.75) is 25.8 Å². The fourth-order valence-electron chi connectivity index (χ4n) is 2.51. The van der Waals surface area contributed by atoms with Crippen LogP contribution >= 0.6 is 11.6 Å². The minimum absolute atomic E-state index is 0.0454. The van der Waals surface area contributed by atoms with Crippen LogP contribution in [0.3, 0.4) is 0 Å². The third kappa shape index (κ3) is 3.50. The van der Waals surface area contributed by atoms with Gasteiger partial charge in [-0.15, -0.1) is 0 Å². The van der Waals surface area contributed by atoms with Crippen LogP contribution in [0.4, 0.5) is 0 Å². The zero-order valence-corrected chi connectivity index (χ0v) is 11.7. The van der Waals surface area contributed by atoms with Gasteiger partial charge in [0.2, 0.25) is 5.91 Å². The highest BCUT2D eigenvalue weighted by molar-refractivity contribution is 6.31. The van der Waals surface area contributed by atoms with Crippen LogP contribution in [-0.2, 0) is 4.79 Å². The average Bonchev–Trinajstić information content (AvgIpc) is 2.28. The molecule has 2 aliphatic heterocycles. The molecule has 0 atom stereocenters. The number of allylic oxidation sites excluding steroid dienone is 2. The number of amides is 1. The van der Waals surface area contributed by atoms with Gasteiger partial charge in [0.1, 0.15) is 0 Å². The van der Waals surface area contributed by atoms with Gasteiger partial charge in [-0.25, -0.2) is 0 Å². The molecule has 100 valence electrons. The first-order valence-corrected chi connectivity index (χ1v) is 6.72. The maximum atomic E-state index is 11.1. The lowest BCUT2D eigenvalue weighted by molar-refractivity contribution is -0.118. The van der Waals surface area contributed by atoms with Gasteiger partial charge < -0.3 is 15.1 Å². The van der Waals surface area contributed by atoms with Crippen LogP contribution in [0.1, 0.15) is 19.8 Å². The Balaban J connectivity index is 1.99. The first kappa shape index (κ1) is 13.4. The van der Waals surface area contributed by atoms with Crippen LogP contribution < -0.4 is 5.32 Å². The molecule has 0 unspecified atom stereocenters. The fourth-order valence-corrected chi connectivity index (χ4v) is 2.77. The first-order valence-electron chi connectivity index (χ1n) is 6.34. The summed E-state index contributed by atoms with van der Waals surface area (Å²) in [5, 5.41) is 3.52. The third-order valence-corrected chi connectivity index (χ3v) is 3.65. The minimum atomic E-state index is -0.0454. The van der Waals surface area contributed by atoms with Gasteiger partial charge in [-0.1, -0.05) is 11.6 Å². The molecule has 5 heteroatoms. The van der Waals surface area contributed by atoms with Crippen molar-refractivity contribution in [2.24, 2.45) is 0 Å². The molecule has 4 nitrogen and oxygen atoms in total. The molecule has 0 spiro atoms. The van der Waals surface area contributed by atoms with Gasteiger partial charge in [0.15, 0.2) is 0 Å². The van der Waals surface area contributed by atoms with E-state index in [0.717, 1.165) is 38.2 Å². The van der Waals surface area contributed by atoms with Gasteiger partial charge in [-0.2, -0.15) is 0 Å². The molecular formula is C13H20ClN3O. The Morgan fingerprint density at radius 1 is 1.44 bits per heavy atom. The number of rotatable bonds is 2. The Kier molecular flexibility index (Phi) is 4.30. The lowest BCUT2D eigenvalue weighted by Gasteiger charge is -2.38. The molecule has 0 aromatic heterocycles. The van der Waals surface area contributed by atoms with Crippen LogP contribution in [-0.4, -0.2) is 48.4 Å². The van der Waals surface area contributed by atoms with E-state index in [1.807, 2.05) is 12.3 Å². The minimum Gasteiger partial charge on any atom is -0.367 e. The molecule has 2 aliphatic rings. The topological polar surface area (TPSA) is 35.6 Å². The predicted molar refractivity (Wildman–Crippen MR) is 73.1 cm³/mol. The second-order valence-electron chi connectivity index (χ2n) is 5.07. The number of likely N-dealkylation sites (tertiary alicyclic amines) is 1. The Labute approximate surface area is 113 Å². The summed E-state index contributed by atoms with van der Waals surface area (Å²) in [5.41, 5.74) is 0.883. The maximum absolute atomic E-state index is 11.1. The summed E-state index contributed by atoms with van der Waals surface area (Å²) in [6.07, 6.45) is 6.10. The molecule has 1 amide bonds. The van der Waals surface area contributed by atoms with Gasteiger partial charge in [0.05, 0.1) is 11.6 Å². The molecule has 0 aromatic rings. The molecular weight excluding hydrogens is 250 g/mol. The Hall–Kier alpha value is -1.00. The van der Waals surface area contributed by atoms with Crippen molar-refractivity contribution in [2.75, 3.05) is 26.7 Å². The SMILES string of the molecule is CC(=O)NC1=CC(Cl)=CN(C2CCN(C)CC2)C1. The van der Waals surface area contributed by atoms with Crippen molar-refractivity contribution in [3.63, 3.8) is 0 Å². The van der Waals surface area contributed by atoms with E-state index in [4.69, 9.17) is 11.6 Å². The molecule has 0 radical (unpaired) electrons. The van der Waals surface area contributed by atoms with E-state index in [9.17, 15) is 4.79 Å². The zero-order chi connectivity index (χ0) is 13.1. The average molecular weight is 270 g/mol. The van der Waals surface area contributed by atoms with Crippen molar-refractivity contribution < 1.29 is 4.79 Å². The van der Waals surface area contributed by atoms with Crippen molar-refractivity contribution in [1.82, 2.24) is 15.1 Å². The van der Waals surface area contributed by atoms with Gasteiger partial charge in [-0.05, 0) is 39.1 Å². The third-order valence-electron chi connectivity index (χ3n) is 3.45. The largest absolute Gasteiger partial charge is 0.367 e. The zero-order valence-electron chi connectivity index (χ0n) is 10.9. The molecule has 0 aromatic carbocycles. The molecule has 1 saturated heterocycles. The highest BCUT2D eigenvalue weighted by Gasteiger charge is 2.24. The van der Waals surface area contributed by atoms with Crippen LogP contribution in [0.2, 0.25) is 0 Å². The van der Waals surface area contributed by atoms with Crippen LogP contribution in [0, 0.1) is 0 Å². The number of nitrogens with one attached hydrogen (secondary N) is 1. The normalized spacial score (nSPS) is 22.5. The second kappa shape index (κ2) is 5.76. The van der Waals surface area contributed by atoms with Crippen molar-refractivity contribution in [3.05, 3.63) is 23.0 Å². The number of hydrogen-bond donors (Lipinski definition) is 1. The van der Waals surface area contributed by atoms with E-state index in [1.54, 1.807) is 0 Å². The number of halogens is 1. The summed E-state index contributed by atoms with van der Waals surface area (Å²) < 4.78 is 0. The van der Waals surface area contributed by atoms with Crippen LogP contribution in [0.5, 0.6) is 0 Å². The van der Waals surface area contributed by atoms with E-state index >= 15 is 0 Å². The molecule has 0 bridgehead atoms. The maximum Gasteiger partial charge on any atom is 0.221 e. The van der Waals surface area contributed by atoms with Gasteiger partial charge in [-0.3, -0.25) is 4.79 Å². The monoisotopic (exact) mass is 269 g/mol.